The highest BCUT2D eigenvalue weighted by Crippen LogP contribution is 2.37. The Labute approximate surface area is 144 Å². The van der Waals surface area contributed by atoms with Crippen molar-refractivity contribution in [1.29, 1.82) is 0 Å². The molecule has 25 heavy (non-hydrogen) atoms. The van der Waals surface area contributed by atoms with Crippen LogP contribution < -0.4 is 9.64 Å². The van der Waals surface area contributed by atoms with E-state index in [1.165, 1.54) is 12.1 Å². The largest absolute Gasteiger partial charge is 0.489 e. The van der Waals surface area contributed by atoms with E-state index in [0.29, 0.717) is 31.1 Å². The van der Waals surface area contributed by atoms with Crippen molar-refractivity contribution in [3.8, 4) is 5.75 Å². The number of nitrogens with zero attached hydrogens (tertiary/aromatic N) is 2. The molecule has 7 nitrogen and oxygen atoms in total. The Morgan fingerprint density at radius 3 is 2.68 bits per heavy atom. The fourth-order valence-corrected chi connectivity index (χ4v) is 3.04. The molecule has 2 aliphatic rings. The molecule has 1 aromatic carbocycles. The first-order valence-electron chi connectivity index (χ1n) is 8.10. The monoisotopic (exact) mass is 352 g/mol. The van der Waals surface area contributed by atoms with E-state index in [0.717, 1.165) is 0 Å². The van der Waals surface area contributed by atoms with Crippen LogP contribution in [0, 0.1) is 5.82 Å². The predicted molar refractivity (Wildman–Crippen MR) is 87.8 cm³/mol. The molecular weight excluding hydrogens is 331 g/mol. The standard InChI is InChI=1S/C17H21FN2O5/c1-17(2,3)25-16(23)19-4-5-20-10(8-19)9-24-14-6-11(15(21)22)12(18)7-13(14)20/h6-7,10H,4-5,8-9H2,1-3H3,(H,21,22)/t10-/m1/s1. The van der Waals surface area contributed by atoms with Crippen LogP contribution in [0.5, 0.6) is 5.75 Å². The zero-order valence-electron chi connectivity index (χ0n) is 14.4. The lowest BCUT2D eigenvalue weighted by Gasteiger charge is -2.45. The second-order valence-corrected chi connectivity index (χ2v) is 7.19. The van der Waals surface area contributed by atoms with E-state index < -0.39 is 23.0 Å². The summed E-state index contributed by atoms with van der Waals surface area (Å²) in [5.74, 6) is -1.79. The normalized spacial score (nSPS) is 19.6. The maximum atomic E-state index is 14.0. The molecule has 0 aliphatic carbocycles. The van der Waals surface area contributed by atoms with Crippen LogP contribution in [0.3, 0.4) is 0 Å². The number of amides is 1. The number of fused-ring (bicyclic) bond motifs is 3. The van der Waals surface area contributed by atoms with Crippen LogP contribution in [0.4, 0.5) is 14.9 Å². The molecule has 3 rings (SSSR count). The molecular formula is C17H21FN2O5. The fourth-order valence-electron chi connectivity index (χ4n) is 3.04. The Morgan fingerprint density at radius 1 is 1.32 bits per heavy atom. The molecule has 0 spiro atoms. The van der Waals surface area contributed by atoms with E-state index in [-0.39, 0.29) is 18.7 Å². The molecule has 1 atom stereocenters. The lowest BCUT2D eigenvalue weighted by atomic mass is 10.1. The smallest absolute Gasteiger partial charge is 0.410 e. The first-order chi connectivity index (χ1) is 11.7. The van der Waals surface area contributed by atoms with Crippen molar-refractivity contribution in [3.05, 3.63) is 23.5 Å². The quantitative estimate of drug-likeness (QED) is 0.836. The third-order valence-electron chi connectivity index (χ3n) is 4.15. The number of carbonyl (C=O) groups is 2. The van der Waals surface area contributed by atoms with Crippen molar-refractivity contribution >= 4 is 17.7 Å². The highest BCUT2D eigenvalue weighted by molar-refractivity contribution is 5.89. The van der Waals surface area contributed by atoms with Crippen LogP contribution in [0.15, 0.2) is 12.1 Å². The summed E-state index contributed by atoms with van der Waals surface area (Å²) in [6.45, 7) is 7.05. The zero-order chi connectivity index (χ0) is 18.4. The Balaban J connectivity index is 1.78. The highest BCUT2D eigenvalue weighted by atomic mass is 19.1. The van der Waals surface area contributed by atoms with Crippen LogP contribution in [-0.2, 0) is 4.74 Å². The lowest BCUT2D eigenvalue weighted by molar-refractivity contribution is 0.0194. The molecule has 1 saturated heterocycles. The molecule has 8 heteroatoms. The summed E-state index contributed by atoms with van der Waals surface area (Å²) in [7, 11) is 0. The number of benzene rings is 1. The van der Waals surface area contributed by atoms with E-state index in [9.17, 15) is 14.0 Å². The number of carboxylic acids is 1. The van der Waals surface area contributed by atoms with E-state index in [4.69, 9.17) is 14.6 Å². The highest BCUT2D eigenvalue weighted by Gasteiger charge is 2.36. The molecule has 2 heterocycles. The molecule has 2 aliphatic heterocycles. The van der Waals surface area contributed by atoms with Gasteiger partial charge in [0.1, 0.15) is 23.8 Å². The van der Waals surface area contributed by atoms with Crippen molar-refractivity contribution in [2.24, 2.45) is 0 Å². The summed E-state index contributed by atoms with van der Waals surface area (Å²) in [6.07, 6.45) is -0.384. The van der Waals surface area contributed by atoms with Gasteiger partial charge in [-0.15, -0.1) is 0 Å². The molecule has 0 radical (unpaired) electrons. The summed E-state index contributed by atoms with van der Waals surface area (Å²) >= 11 is 0. The minimum absolute atomic E-state index is 0.135. The summed E-state index contributed by atoms with van der Waals surface area (Å²) in [6, 6.07) is 2.27. The number of carbonyl (C=O) groups excluding carboxylic acids is 1. The number of piperazine rings is 1. The molecule has 0 saturated carbocycles. The van der Waals surface area contributed by atoms with E-state index in [1.807, 2.05) is 25.7 Å². The van der Waals surface area contributed by atoms with E-state index in [1.54, 1.807) is 4.90 Å². The summed E-state index contributed by atoms with van der Waals surface area (Å²) < 4.78 is 25.0. The zero-order valence-corrected chi connectivity index (χ0v) is 14.4. The fraction of sp³-hybridized carbons (Fsp3) is 0.529. The molecule has 1 amide bonds. The third-order valence-corrected chi connectivity index (χ3v) is 4.15. The Bertz CT molecular complexity index is 716. The minimum Gasteiger partial charge on any atom is -0.489 e. The van der Waals surface area contributed by atoms with Gasteiger partial charge in [0, 0.05) is 25.7 Å². The summed E-state index contributed by atoms with van der Waals surface area (Å²) in [4.78, 5) is 26.8. The molecule has 0 bridgehead atoms. The second-order valence-electron chi connectivity index (χ2n) is 7.19. The predicted octanol–water partition coefficient (Wildman–Crippen LogP) is 2.34. The molecule has 1 fully saturated rings. The van der Waals surface area contributed by atoms with Gasteiger partial charge < -0.3 is 24.4 Å². The van der Waals surface area contributed by atoms with Gasteiger partial charge in [-0.25, -0.2) is 14.0 Å². The number of anilines is 1. The maximum absolute atomic E-state index is 14.0. The van der Waals surface area contributed by atoms with Crippen LogP contribution in [0.2, 0.25) is 0 Å². The Hall–Kier alpha value is -2.51. The summed E-state index contributed by atoms with van der Waals surface area (Å²) in [5.41, 5.74) is -0.465. The number of aromatic carboxylic acids is 1. The van der Waals surface area contributed by atoms with Gasteiger partial charge in [0.2, 0.25) is 0 Å². The number of hydrogen-bond donors (Lipinski definition) is 1. The van der Waals surface area contributed by atoms with Gasteiger partial charge in [-0.05, 0) is 26.8 Å². The van der Waals surface area contributed by atoms with Crippen LogP contribution >= 0.6 is 0 Å². The van der Waals surface area contributed by atoms with Crippen molar-refractivity contribution < 1.29 is 28.6 Å². The molecule has 0 unspecified atom stereocenters. The van der Waals surface area contributed by atoms with Crippen molar-refractivity contribution in [2.75, 3.05) is 31.1 Å². The first kappa shape index (κ1) is 17.3. The molecule has 1 aromatic rings. The van der Waals surface area contributed by atoms with E-state index in [2.05, 4.69) is 0 Å². The molecule has 136 valence electrons. The molecule has 1 N–H and O–H groups in total. The number of ether oxygens (including phenoxy) is 2. The number of rotatable bonds is 1. The topological polar surface area (TPSA) is 79.3 Å². The average molecular weight is 352 g/mol. The van der Waals surface area contributed by atoms with Gasteiger partial charge >= 0.3 is 12.1 Å². The number of hydrogen-bond acceptors (Lipinski definition) is 5. The van der Waals surface area contributed by atoms with Crippen LogP contribution in [0.25, 0.3) is 0 Å². The van der Waals surface area contributed by atoms with E-state index >= 15 is 0 Å². The Morgan fingerprint density at radius 2 is 2.04 bits per heavy atom. The maximum Gasteiger partial charge on any atom is 0.410 e. The number of halogens is 1. The minimum atomic E-state index is -1.33. The average Bonchev–Trinajstić information content (AvgIpc) is 2.51. The van der Waals surface area contributed by atoms with Gasteiger partial charge in [0.15, 0.2) is 0 Å². The van der Waals surface area contributed by atoms with Gasteiger partial charge in [0.05, 0.1) is 17.3 Å². The second kappa shape index (κ2) is 6.09. The Kier molecular flexibility index (Phi) is 4.22. The van der Waals surface area contributed by atoms with Gasteiger partial charge in [-0.1, -0.05) is 0 Å². The SMILES string of the molecule is CC(C)(C)OC(=O)N1CCN2c3cc(F)c(C(=O)O)cc3OC[C@H]2C1. The third kappa shape index (κ3) is 3.47. The summed E-state index contributed by atoms with van der Waals surface area (Å²) in [5, 5.41) is 9.02. The number of carboxylic acid groups (broad SMARTS) is 1. The van der Waals surface area contributed by atoms with Crippen LogP contribution in [0.1, 0.15) is 31.1 Å². The van der Waals surface area contributed by atoms with Crippen molar-refractivity contribution in [1.82, 2.24) is 4.90 Å². The first-order valence-corrected chi connectivity index (χ1v) is 8.10. The van der Waals surface area contributed by atoms with Gasteiger partial charge in [-0.3, -0.25) is 0 Å². The van der Waals surface area contributed by atoms with Gasteiger partial charge in [0.25, 0.3) is 0 Å². The van der Waals surface area contributed by atoms with Crippen LogP contribution in [-0.4, -0.2) is 60.0 Å². The molecule has 0 aromatic heterocycles. The lowest BCUT2D eigenvalue weighted by Crippen LogP contribution is -2.59. The van der Waals surface area contributed by atoms with Gasteiger partial charge in [-0.2, -0.15) is 0 Å². The van der Waals surface area contributed by atoms with Crippen molar-refractivity contribution in [2.45, 2.75) is 32.4 Å². The van der Waals surface area contributed by atoms with Crippen molar-refractivity contribution in [3.63, 3.8) is 0 Å².